The summed E-state index contributed by atoms with van der Waals surface area (Å²) in [7, 11) is -4.42. The fourth-order valence-corrected chi connectivity index (χ4v) is 5.41. The molecule has 0 spiro atoms. The summed E-state index contributed by atoms with van der Waals surface area (Å²) < 4.78 is 26.7. The number of carbonyl (C=O) groups is 2. The molecule has 0 saturated heterocycles. The van der Waals surface area contributed by atoms with E-state index in [4.69, 9.17) is 13.8 Å². The Hall–Kier alpha value is -2.29. The Bertz CT molecular complexity index is 992. The highest BCUT2D eigenvalue weighted by molar-refractivity contribution is 7.47. The molecule has 10 heteroatoms. The predicted molar refractivity (Wildman–Crippen MR) is 201 cm³/mol. The molecule has 2 atom stereocenters. The molecule has 1 amide bonds. The number of ether oxygens (including phenoxy) is 1. The van der Waals surface area contributed by atoms with Crippen LogP contribution in [0.4, 0.5) is 0 Å². The Morgan fingerprint density at radius 3 is 1.71 bits per heavy atom. The van der Waals surface area contributed by atoms with Gasteiger partial charge >= 0.3 is 13.8 Å². The van der Waals surface area contributed by atoms with Crippen LogP contribution in [-0.4, -0.2) is 54.3 Å². The molecule has 2 unspecified atom stereocenters. The molecule has 0 fully saturated rings. The lowest BCUT2D eigenvalue weighted by Crippen LogP contribution is -2.27. The number of phosphoric ester groups is 1. The second-order valence-corrected chi connectivity index (χ2v) is 13.6. The molecule has 49 heavy (non-hydrogen) atoms. The van der Waals surface area contributed by atoms with Crippen molar-refractivity contribution >= 4 is 19.7 Å². The normalized spacial score (nSPS) is 14.1. The first kappa shape index (κ1) is 46.7. The van der Waals surface area contributed by atoms with E-state index in [1.54, 1.807) is 0 Å². The van der Waals surface area contributed by atoms with Crippen LogP contribution in [0.15, 0.2) is 60.8 Å². The molecular formula is C39H68NO8P. The molecule has 0 bridgehead atoms. The maximum Gasteiger partial charge on any atom is 0.472 e. The van der Waals surface area contributed by atoms with Gasteiger partial charge in [0.2, 0.25) is 5.91 Å². The molecule has 0 aliphatic heterocycles. The van der Waals surface area contributed by atoms with Crippen LogP contribution in [0.5, 0.6) is 0 Å². The molecule has 282 valence electrons. The van der Waals surface area contributed by atoms with E-state index in [1.807, 2.05) is 6.08 Å². The van der Waals surface area contributed by atoms with Crippen molar-refractivity contribution in [2.24, 2.45) is 0 Å². The number of hydrogen-bond acceptors (Lipinski definition) is 7. The lowest BCUT2D eigenvalue weighted by molar-refractivity contribution is -0.147. The smallest absolute Gasteiger partial charge is 0.463 e. The van der Waals surface area contributed by atoms with Gasteiger partial charge in [-0.1, -0.05) is 139 Å². The zero-order valence-electron chi connectivity index (χ0n) is 30.6. The van der Waals surface area contributed by atoms with Crippen molar-refractivity contribution < 1.29 is 37.9 Å². The van der Waals surface area contributed by atoms with Gasteiger partial charge < -0.3 is 20.1 Å². The average molecular weight is 710 g/mol. The van der Waals surface area contributed by atoms with Crippen LogP contribution in [0.25, 0.3) is 0 Å². The van der Waals surface area contributed by atoms with Gasteiger partial charge in [-0.05, 0) is 51.4 Å². The Morgan fingerprint density at radius 2 is 1.16 bits per heavy atom. The topological polar surface area (TPSA) is 131 Å². The predicted octanol–water partition coefficient (Wildman–Crippen LogP) is 9.76. The molecule has 0 heterocycles. The van der Waals surface area contributed by atoms with E-state index in [0.29, 0.717) is 12.8 Å². The third-order valence-corrected chi connectivity index (χ3v) is 8.45. The number of aliphatic hydroxyl groups excluding tert-OH is 1. The highest BCUT2D eigenvalue weighted by Gasteiger charge is 2.23. The van der Waals surface area contributed by atoms with Gasteiger partial charge in [-0.15, -0.1) is 0 Å². The number of phosphoric acid groups is 1. The van der Waals surface area contributed by atoms with Gasteiger partial charge in [0, 0.05) is 19.4 Å². The monoisotopic (exact) mass is 709 g/mol. The van der Waals surface area contributed by atoms with Gasteiger partial charge in [0.25, 0.3) is 0 Å². The second kappa shape index (κ2) is 35.5. The van der Waals surface area contributed by atoms with Gasteiger partial charge in [0.15, 0.2) is 0 Å². The molecule has 9 nitrogen and oxygen atoms in total. The second-order valence-electron chi connectivity index (χ2n) is 12.2. The largest absolute Gasteiger partial charge is 0.472 e. The first-order chi connectivity index (χ1) is 23.8. The minimum atomic E-state index is -4.42. The molecule has 0 aromatic rings. The van der Waals surface area contributed by atoms with Crippen LogP contribution in [0.3, 0.4) is 0 Å². The van der Waals surface area contributed by atoms with Crippen LogP contribution < -0.4 is 5.32 Å². The Balaban J connectivity index is 3.74. The number of amides is 1. The van der Waals surface area contributed by atoms with E-state index in [1.165, 1.54) is 51.4 Å². The van der Waals surface area contributed by atoms with E-state index in [9.17, 15) is 24.2 Å². The van der Waals surface area contributed by atoms with E-state index in [2.05, 4.69) is 73.8 Å². The average Bonchev–Trinajstić information content (AvgIpc) is 3.08. The molecule has 3 N–H and O–H groups in total. The summed E-state index contributed by atoms with van der Waals surface area (Å²) in [6.07, 6.45) is 40.1. The van der Waals surface area contributed by atoms with Gasteiger partial charge in [-0.3, -0.25) is 18.6 Å². The lowest BCUT2D eigenvalue weighted by atomic mass is 10.1. The van der Waals surface area contributed by atoms with Crippen molar-refractivity contribution in [1.82, 2.24) is 5.32 Å². The molecule has 0 rings (SSSR count). The first-order valence-electron chi connectivity index (χ1n) is 18.8. The van der Waals surface area contributed by atoms with Crippen molar-refractivity contribution in [3.05, 3.63) is 60.8 Å². The zero-order chi connectivity index (χ0) is 36.1. The minimum absolute atomic E-state index is 0.0740. The zero-order valence-corrected chi connectivity index (χ0v) is 31.5. The number of unbranched alkanes of at least 4 members (excludes halogenated alkanes) is 11. The molecule has 0 aromatic carbocycles. The van der Waals surface area contributed by atoms with Gasteiger partial charge in [0.1, 0.15) is 12.7 Å². The van der Waals surface area contributed by atoms with Crippen molar-refractivity contribution in [2.75, 3.05) is 26.4 Å². The number of allylic oxidation sites excluding steroid dienone is 10. The van der Waals surface area contributed by atoms with Crippen LogP contribution in [-0.2, 0) is 27.9 Å². The number of esters is 1. The summed E-state index contributed by atoms with van der Waals surface area (Å²) in [4.78, 5) is 33.7. The highest BCUT2D eigenvalue weighted by atomic mass is 31.2. The third-order valence-electron chi connectivity index (χ3n) is 7.46. The van der Waals surface area contributed by atoms with Gasteiger partial charge in [-0.2, -0.15) is 0 Å². The number of aliphatic hydroxyl groups is 1. The number of rotatable bonds is 34. The van der Waals surface area contributed by atoms with E-state index in [-0.39, 0.29) is 32.1 Å². The van der Waals surface area contributed by atoms with Crippen LogP contribution in [0.1, 0.15) is 142 Å². The lowest BCUT2D eigenvalue weighted by Gasteiger charge is -2.15. The van der Waals surface area contributed by atoms with Gasteiger partial charge in [-0.25, -0.2) is 4.57 Å². The highest BCUT2D eigenvalue weighted by Crippen LogP contribution is 2.42. The minimum Gasteiger partial charge on any atom is -0.463 e. The SMILES string of the molecule is CC/C=C\C/C=C\C/C=C\C/C=C\C/C=C\CCCC(=O)OCC(O)COP(=O)(O)OCCNC(=O)CCCCCCCCCCCCC. The van der Waals surface area contributed by atoms with Crippen molar-refractivity contribution in [3.63, 3.8) is 0 Å². The van der Waals surface area contributed by atoms with E-state index >= 15 is 0 Å². The maximum atomic E-state index is 12.0. The molecular weight excluding hydrogens is 641 g/mol. The summed E-state index contributed by atoms with van der Waals surface area (Å²) in [5, 5.41) is 12.6. The van der Waals surface area contributed by atoms with Crippen LogP contribution in [0, 0.1) is 0 Å². The number of nitrogens with one attached hydrogen (secondary N) is 1. The number of hydrogen-bond donors (Lipinski definition) is 3. The number of carbonyl (C=O) groups excluding carboxylic acids is 2. The third kappa shape index (κ3) is 36.8. The summed E-state index contributed by atoms with van der Waals surface area (Å²) in [5.74, 6) is -0.581. The van der Waals surface area contributed by atoms with Crippen LogP contribution >= 0.6 is 7.82 Å². The maximum absolute atomic E-state index is 12.0. The standard InChI is InChI=1S/C39H68NO8P/c1-3-5-7-9-11-13-15-16-17-18-19-20-22-24-26-28-30-32-39(43)46-35-37(41)36-48-49(44,45)47-34-33-40-38(42)31-29-27-25-23-21-14-12-10-8-6-4-2/h5,7,11,13,16-17,19-20,24,26,37,41H,3-4,6,8-10,12,14-15,18,21-23,25,27-36H2,1-2H3,(H,40,42)(H,44,45)/b7-5-,13-11-,17-16-,20-19-,26-24-. The van der Waals surface area contributed by atoms with Gasteiger partial charge in [0.05, 0.1) is 13.2 Å². The summed E-state index contributed by atoms with van der Waals surface area (Å²) in [6.45, 7) is 3.34. The molecule has 0 radical (unpaired) electrons. The summed E-state index contributed by atoms with van der Waals surface area (Å²) in [5.41, 5.74) is 0. The summed E-state index contributed by atoms with van der Waals surface area (Å²) >= 11 is 0. The quantitative estimate of drug-likeness (QED) is 0.0261. The molecule has 0 aromatic heterocycles. The Morgan fingerprint density at radius 1 is 0.653 bits per heavy atom. The Kier molecular flexibility index (Phi) is 33.9. The Labute approximate surface area is 298 Å². The van der Waals surface area contributed by atoms with E-state index in [0.717, 1.165) is 57.8 Å². The molecule has 0 aliphatic carbocycles. The van der Waals surface area contributed by atoms with Crippen molar-refractivity contribution in [1.29, 1.82) is 0 Å². The van der Waals surface area contributed by atoms with Crippen molar-refractivity contribution in [2.45, 2.75) is 148 Å². The first-order valence-corrected chi connectivity index (χ1v) is 20.3. The molecule has 0 aliphatic rings. The van der Waals surface area contributed by atoms with Crippen LogP contribution in [0.2, 0.25) is 0 Å². The van der Waals surface area contributed by atoms with E-state index < -0.39 is 26.5 Å². The molecule has 0 saturated carbocycles. The fourth-order valence-electron chi connectivity index (χ4n) is 4.65. The fraction of sp³-hybridized carbons (Fsp3) is 0.692. The van der Waals surface area contributed by atoms with Crippen molar-refractivity contribution in [3.8, 4) is 0 Å². The summed E-state index contributed by atoms with van der Waals surface area (Å²) in [6, 6.07) is 0.